The van der Waals surface area contributed by atoms with Gasteiger partial charge in [0.15, 0.2) is 0 Å². The molecule has 0 unspecified atom stereocenters. The summed E-state index contributed by atoms with van der Waals surface area (Å²) < 4.78 is 5.47. The second kappa shape index (κ2) is 3.62. The van der Waals surface area contributed by atoms with Crippen molar-refractivity contribution in [1.82, 2.24) is 6.24 Å². The van der Waals surface area contributed by atoms with Crippen molar-refractivity contribution in [2.75, 3.05) is 26.2 Å². The summed E-state index contributed by atoms with van der Waals surface area (Å²) in [6.07, 6.45) is 0. The van der Waals surface area contributed by atoms with Gasteiger partial charge in [0.2, 0.25) is 0 Å². The molecule has 66 valence electrons. The van der Waals surface area contributed by atoms with Gasteiger partial charge < -0.3 is 0 Å². The van der Waals surface area contributed by atoms with Crippen LogP contribution in [-0.2, 0) is 0 Å². The molecule has 0 N–H and O–H groups in total. The van der Waals surface area contributed by atoms with Gasteiger partial charge >= 0.3 is 75.1 Å². The summed E-state index contributed by atoms with van der Waals surface area (Å²) in [4.78, 5) is 5.04. The monoisotopic (exact) mass is 264 g/mol. The fraction of sp³-hybridized carbons (Fsp3) is 1.00. The van der Waals surface area contributed by atoms with Crippen LogP contribution < -0.4 is 0 Å². The predicted octanol–water partition coefficient (Wildman–Crippen LogP) is 1.35. The van der Waals surface area contributed by atoms with Crippen LogP contribution in [0.25, 0.3) is 0 Å². The Kier molecular flexibility index (Phi) is 3.23. The van der Waals surface area contributed by atoms with E-state index in [0.29, 0.717) is 0 Å². The number of likely N-dealkylation sites (N-methyl/N-ethyl adjacent to an activating group) is 2. The molecular formula is C8H20N2Sn. The molecular weight excluding hydrogens is 243 g/mol. The summed E-state index contributed by atoms with van der Waals surface area (Å²) >= 11 is -1.86. The van der Waals surface area contributed by atoms with Gasteiger partial charge in [-0.2, -0.15) is 0 Å². The molecule has 11 heavy (non-hydrogen) atoms. The number of nitrogens with zero attached hydrogens (tertiary/aromatic N) is 2. The summed E-state index contributed by atoms with van der Waals surface area (Å²) in [6, 6.07) is 0. The summed E-state index contributed by atoms with van der Waals surface area (Å²) in [7, 11) is 0. The normalized spacial score (nSPS) is 26.2. The van der Waals surface area contributed by atoms with Gasteiger partial charge in [-0.25, -0.2) is 0 Å². The third-order valence-corrected chi connectivity index (χ3v) is 14.9. The van der Waals surface area contributed by atoms with E-state index in [4.69, 9.17) is 0 Å². The Morgan fingerprint density at radius 3 is 1.55 bits per heavy atom. The molecule has 1 saturated heterocycles. The predicted molar refractivity (Wildman–Crippen MR) is 52.0 cm³/mol. The van der Waals surface area contributed by atoms with Crippen molar-refractivity contribution in [1.29, 1.82) is 0 Å². The van der Waals surface area contributed by atoms with Crippen LogP contribution in [0.1, 0.15) is 13.8 Å². The van der Waals surface area contributed by atoms with Crippen LogP contribution >= 0.6 is 0 Å². The van der Waals surface area contributed by atoms with E-state index in [1.165, 1.54) is 26.2 Å². The first-order chi connectivity index (χ1) is 5.12. The Morgan fingerprint density at radius 2 is 1.36 bits per heavy atom. The molecule has 1 fully saturated rings. The Labute approximate surface area is 75.1 Å². The van der Waals surface area contributed by atoms with Crippen molar-refractivity contribution in [3.63, 3.8) is 0 Å². The molecule has 0 bridgehead atoms. The van der Waals surface area contributed by atoms with Gasteiger partial charge in [-0.3, -0.25) is 0 Å². The molecule has 0 aromatic rings. The zero-order valence-electron chi connectivity index (χ0n) is 8.22. The zero-order chi connectivity index (χ0) is 8.48. The number of rotatable bonds is 2. The molecule has 0 radical (unpaired) electrons. The number of hydrogen-bond acceptors (Lipinski definition) is 2. The van der Waals surface area contributed by atoms with Crippen molar-refractivity contribution in [3.8, 4) is 0 Å². The minimum absolute atomic E-state index is 1.26. The van der Waals surface area contributed by atoms with E-state index in [0.717, 1.165) is 0 Å². The van der Waals surface area contributed by atoms with E-state index in [9.17, 15) is 0 Å². The van der Waals surface area contributed by atoms with Crippen LogP contribution in [0.3, 0.4) is 0 Å². The van der Waals surface area contributed by atoms with Crippen LogP contribution in [-0.4, -0.2) is 51.3 Å². The Morgan fingerprint density at radius 1 is 1.00 bits per heavy atom. The first kappa shape index (κ1) is 9.80. The third kappa shape index (κ3) is 1.73. The quantitative estimate of drug-likeness (QED) is 0.694. The van der Waals surface area contributed by atoms with Crippen molar-refractivity contribution in [3.05, 3.63) is 0 Å². The second-order valence-corrected chi connectivity index (χ2v) is 15.8. The molecule has 0 saturated carbocycles. The Bertz CT molecular complexity index is 122. The molecule has 0 aromatic heterocycles. The van der Waals surface area contributed by atoms with Crippen LogP contribution in [0.2, 0.25) is 9.88 Å². The molecule has 0 atom stereocenters. The topological polar surface area (TPSA) is 6.48 Å². The molecule has 1 rings (SSSR count). The molecule has 1 heterocycles. The van der Waals surface area contributed by atoms with E-state index in [1.807, 2.05) is 0 Å². The Hall–Kier alpha value is 0.719. The van der Waals surface area contributed by atoms with Gasteiger partial charge in [-0.15, -0.1) is 0 Å². The summed E-state index contributed by atoms with van der Waals surface area (Å²) in [5.74, 6) is 0. The Balaban J connectivity index is 2.64. The van der Waals surface area contributed by atoms with Crippen molar-refractivity contribution >= 4 is 18.9 Å². The van der Waals surface area contributed by atoms with Gasteiger partial charge in [0.05, 0.1) is 0 Å². The average Bonchev–Trinajstić information content (AvgIpc) is 2.24. The maximum atomic E-state index is 2.73. The van der Waals surface area contributed by atoms with Crippen LogP contribution in [0.15, 0.2) is 0 Å². The van der Waals surface area contributed by atoms with E-state index in [2.05, 4.69) is 30.0 Å². The van der Waals surface area contributed by atoms with Crippen molar-refractivity contribution < 1.29 is 0 Å². The fourth-order valence-electron chi connectivity index (χ4n) is 2.08. The van der Waals surface area contributed by atoms with Crippen molar-refractivity contribution in [2.45, 2.75) is 23.7 Å². The van der Waals surface area contributed by atoms with E-state index in [-0.39, 0.29) is 0 Å². The SMILES string of the molecule is CC[N]1CC[N](CC)[Sn]1([CH3])[CH3]. The van der Waals surface area contributed by atoms with Crippen LogP contribution in [0, 0.1) is 0 Å². The fourth-order valence-corrected chi connectivity index (χ4v) is 11.3. The maximum absolute atomic E-state index is 2.73. The molecule has 0 amide bonds. The first-order valence-corrected chi connectivity index (χ1v) is 12.9. The second-order valence-electron chi connectivity index (χ2n) is 3.65. The van der Waals surface area contributed by atoms with Gasteiger partial charge in [0.1, 0.15) is 0 Å². The average molecular weight is 263 g/mol. The molecule has 0 spiro atoms. The van der Waals surface area contributed by atoms with E-state index >= 15 is 0 Å². The van der Waals surface area contributed by atoms with E-state index < -0.39 is 18.9 Å². The zero-order valence-corrected chi connectivity index (χ0v) is 11.1. The van der Waals surface area contributed by atoms with E-state index in [1.54, 1.807) is 0 Å². The molecule has 0 aromatic carbocycles. The molecule has 1 aliphatic rings. The molecule has 0 aliphatic carbocycles. The molecule has 1 aliphatic heterocycles. The van der Waals surface area contributed by atoms with Gasteiger partial charge in [0, 0.05) is 0 Å². The number of hydrogen-bond donors (Lipinski definition) is 0. The molecule has 2 nitrogen and oxygen atoms in total. The van der Waals surface area contributed by atoms with Crippen molar-refractivity contribution in [2.24, 2.45) is 0 Å². The summed E-state index contributed by atoms with van der Waals surface area (Å²) in [6.45, 7) is 9.76. The van der Waals surface area contributed by atoms with Gasteiger partial charge in [-0.1, -0.05) is 0 Å². The standard InChI is InChI=1S/C6H14N2.2CH3.Sn/c1-3-7-5-6-8-4-2;;;/h3-6H2,1-2H3;2*1H3;/q-2;;;+2. The summed E-state index contributed by atoms with van der Waals surface area (Å²) in [5.41, 5.74) is 0. The summed E-state index contributed by atoms with van der Waals surface area (Å²) in [5, 5.41) is 0. The van der Waals surface area contributed by atoms with Crippen LogP contribution in [0.5, 0.6) is 0 Å². The first-order valence-electron chi connectivity index (χ1n) is 4.63. The van der Waals surface area contributed by atoms with Crippen LogP contribution in [0.4, 0.5) is 0 Å². The molecule has 3 heteroatoms. The van der Waals surface area contributed by atoms with Gasteiger partial charge in [0.25, 0.3) is 0 Å². The van der Waals surface area contributed by atoms with Gasteiger partial charge in [-0.05, 0) is 0 Å². The third-order valence-electron chi connectivity index (χ3n) is 2.95. The minimum atomic E-state index is -1.86.